The molecule has 1 unspecified atom stereocenters. The molecule has 84 valence electrons. The van der Waals surface area contributed by atoms with Crippen molar-refractivity contribution in [1.29, 1.82) is 0 Å². The molecule has 0 aliphatic carbocycles. The first kappa shape index (κ1) is 14.6. The monoisotopic (exact) mass is 258 g/mol. The molecule has 4 nitrogen and oxygen atoms in total. The van der Waals surface area contributed by atoms with Gasteiger partial charge in [-0.1, -0.05) is 35.4 Å². The zero-order valence-electron chi connectivity index (χ0n) is 8.08. The molecule has 7 heteroatoms. The molecule has 0 aromatic carbocycles. The molecule has 0 saturated heterocycles. The third-order valence-electron chi connectivity index (χ3n) is 1.56. The van der Waals surface area contributed by atoms with E-state index in [4.69, 9.17) is 19.2 Å². The molecule has 1 rings (SSSR count). The Hall–Kier alpha value is 0.550. The van der Waals surface area contributed by atoms with E-state index in [-0.39, 0.29) is 0 Å². The molecule has 1 heterocycles. The maximum Gasteiger partial charge on any atom is 0.466 e. The molecule has 1 atom stereocenters. The highest BCUT2D eigenvalue weighted by molar-refractivity contribution is 8.78. The van der Waals surface area contributed by atoms with Crippen molar-refractivity contribution in [3.05, 3.63) is 11.0 Å². The number of rotatable bonds is 2. The van der Waals surface area contributed by atoms with Crippen LogP contribution in [0.3, 0.4) is 0 Å². The lowest BCUT2D eigenvalue weighted by Crippen LogP contribution is -1.98. The summed E-state index contributed by atoms with van der Waals surface area (Å²) >= 11 is 0. The molecule has 14 heavy (non-hydrogen) atoms. The molecule has 1 aliphatic rings. The Kier molecular flexibility index (Phi) is 7.20. The van der Waals surface area contributed by atoms with Crippen LogP contribution in [0.1, 0.15) is 26.7 Å². The van der Waals surface area contributed by atoms with E-state index in [2.05, 4.69) is 19.3 Å². The van der Waals surface area contributed by atoms with Crippen LogP contribution in [0.2, 0.25) is 0 Å². The minimum Gasteiger partial charge on any atom is -0.303 e. The lowest BCUT2D eigenvalue weighted by atomic mass is 10.1. The van der Waals surface area contributed by atoms with Gasteiger partial charge >= 0.3 is 7.82 Å². The van der Waals surface area contributed by atoms with Crippen LogP contribution >= 0.6 is 29.4 Å². The van der Waals surface area contributed by atoms with Crippen molar-refractivity contribution in [2.75, 3.05) is 0 Å². The zero-order chi connectivity index (χ0) is 11.2. The highest BCUT2D eigenvalue weighted by Gasteiger charge is 2.16. The van der Waals surface area contributed by atoms with Crippen LogP contribution in [-0.2, 0) is 4.57 Å². The molecule has 0 aromatic rings. The predicted octanol–water partition coefficient (Wildman–Crippen LogP) is 2.53. The van der Waals surface area contributed by atoms with Crippen molar-refractivity contribution in [1.82, 2.24) is 0 Å². The van der Waals surface area contributed by atoms with Gasteiger partial charge in [0.05, 0.1) is 0 Å². The van der Waals surface area contributed by atoms with Crippen molar-refractivity contribution in [2.24, 2.45) is 0 Å². The molecule has 0 fully saturated rings. The number of hydrogen-bond donors (Lipinski definition) is 3. The molecule has 0 bridgehead atoms. The van der Waals surface area contributed by atoms with E-state index in [0.717, 1.165) is 5.25 Å². The van der Waals surface area contributed by atoms with Gasteiger partial charge in [-0.25, -0.2) is 4.57 Å². The van der Waals surface area contributed by atoms with Gasteiger partial charge in [-0.2, -0.15) is 0 Å². The van der Waals surface area contributed by atoms with E-state index >= 15 is 0 Å². The van der Waals surface area contributed by atoms with Crippen molar-refractivity contribution >= 4 is 29.4 Å². The molecular weight excluding hydrogens is 243 g/mol. The lowest BCUT2D eigenvalue weighted by molar-refractivity contribution is 0.275. The number of phosphoric acid groups is 1. The SMILES string of the molecule is CCC1=CSSC1CC.O=P(O)(O)O. The van der Waals surface area contributed by atoms with Gasteiger partial charge in [0.15, 0.2) is 0 Å². The van der Waals surface area contributed by atoms with Gasteiger partial charge in [0.2, 0.25) is 0 Å². The molecule has 1 aliphatic heterocycles. The van der Waals surface area contributed by atoms with Gasteiger partial charge < -0.3 is 14.7 Å². The van der Waals surface area contributed by atoms with Crippen LogP contribution in [0.5, 0.6) is 0 Å². The summed E-state index contributed by atoms with van der Waals surface area (Å²) in [6, 6.07) is 0. The van der Waals surface area contributed by atoms with Crippen molar-refractivity contribution in [3.63, 3.8) is 0 Å². The number of hydrogen-bond acceptors (Lipinski definition) is 3. The maximum atomic E-state index is 8.88. The Bertz CT molecular complexity index is 230. The summed E-state index contributed by atoms with van der Waals surface area (Å²) in [5, 5.41) is 3.12. The summed E-state index contributed by atoms with van der Waals surface area (Å²) in [5.41, 5.74) is 1.63. The summed E-state index contributed by atoms with van der Waals surface area (Å²) < 4.78 is 8.88. The van der Waals surface area contributed by atoms with Crippen LogP contribution in [0.25, 0.3) is 0 Å². The minimum absolute atomic E-state index is 0.819. The first-order valence-electron chi connectivity index (χ1n) is 4.17. The van der Waals surface area contributed by atoms with Crippen LogP contribution in [0, 0.1) is 0 Å². The summed E-state index contributed by atoms with van der Waals surface area (Å²) in [6.07, 6.45) is 2.52. The molecule has 3 N–H and O–H groups in total. The normalized spacial score (nSPS) is 21.2. The lowest BCUT2D eigenvalue weighted by Gasteiger charge is -2.06. The molecular formula is C7H15O4PS2. The van der Waals surface area contributed by atoms with Crippen LogP contribution in [0.15, 0.2) is 11.0 Å². The fraction of sp³-hybridized carbons (Fsp3) is 0.714. The average Bonchev–Trinajstić information content (AvgIpc) is 2.47. The van der Waals surface area contributed by atoms with Crippen molar-refractivity contribution in [2.45, 2.75) is 31.9 Å². The van der Waals surface area contributed by atoms with E-state index in [9.17, 15) is 0 Å². The van der Waals surface area contributed by atoms with Gasteiger partial charge in [-0.05, 0) is 23.8 Å². The van der Waals surface area contributed by atoms with E-state index in [1.807, 2.05) is 21.6 Å². The summed E-state index contributed by atoms with van der Waals surface area (Å²) in [7, 11) is -0.746. The largest absolute Gasteiger partial charge is 0.466 e. The van der Waals surface area contributed by atoms with E-state index in [1.54, 1.807) is 5.57 Å². The van der Waals surface area contributed by atoms with Crippen LogP contribution in [-0.4, -0.2) is 19.9 Å². The highest BCUT2D eigenvalue weighted by atomic mass is 33.1. The Morgan fingerprint density at radius 1 is 1.43 bits per heavy atom. The molecule has 0 aromatic heterocycles. The quantitative estimate of drug-likeness (QED) is 0.522. The standard InChI is InChI=1S/C7H12S2.H3O4P/c1-3-6-5-8-9-7(6)4-2;1-5(2,3)4/h5,7H,3-4H2,1-2H3;(H3,1,2,3,4). The minimum atomic E-state index is -4.64. The Labute approximate surface area is 91.8 Å². The summed E-state index contributed by atoms with van der Waals surface area (Å²) in [5.74, 6) is 0. The highest BCUT2D eigenvalue weighted by Crippen LogP contribution is 2.42. The van der Waals surface area contributed by atoms with Gasteiger partial charge in [0.25, 0.3) is 0 Å². The second kappa shape index (κ2) is 6.93. The van der Waals surface area contributed by atoms with Gasteiger partial charge in [-0.15, -0.1) is 0 Å². The summed E-state index contributed by atoms with van der Waals surface area (Å²) in [6.45, 7) is 4.49. The fourth-order valence-corrected chi connectivity index (χ4v) is 3.88. The van der Waals surface area contributed by atoms with E-state index in [1.165, 1.54) is 12.8 Å². The maximum absolute atomic E-state index is 8.88. The van der Waals surface area contributed by atoms with E-state index < -0.39 is 7.82 Å². The summed E-state index contributed by atoms with van der Waals surface area (Å²) in [4.78, 5) is 21.6. The first-order chi connectivity index (χ1) is 6.38. The van der Waals surface area contributed by atoms with Gasteiger partial charge in [0, 0.05) is 5.25 Å². The van der Waals surface area contributed by atoms with Crippen molar-refractivity contribution < 1.29 is 19.2 Å². The first-order valence-corrected chi connectivity index (χ1v) is 8.02. The third-order valence-corrected chi connectivity index (χ3v) is 4.26. The Morgan fingerprint density at radius 3 is 2.21 bits per heavy atom. The molecule has 0 spiro atoms. The molecule has 0 amide bonds. The van der Waals surface area contributed by atoms with Crippen LogP contribution in [0.4, 0.5) is 0 Å². The average molecular weight is 258 g/mol. The molecule has 0 saturated carbocycles. The topological polar surface area (TPSA) is 77.8 Å². The van der Waals surface area contributed by atoms with Crippen LogP contribution < -0.4 is 0 Å². The second-order valence-corrected chi connectivity index (χ2v) is 6.02. The van der Waals surface area contributed by atoms with Crippen molar-refractivity contribution in [3.8, 4) is 0 Å². The fourth-order valence-electron chi connectivity index (χ4n) is 0.936. The Balaban J connectivity index is 0.000000292. The van der Waals surface area contributed by atoms with Gasteiger partial charge in [0.1, 0.15) is 0 Å². The molecule has 0 radical (unpaired) electrons. The zero-order valence-corrected chi connectivity index (χ0v) is 10.6. The second-order valence-electron chi connectivity index (χ2n) is 2.65. The van der Waals surface area contributed by atoms with E-state index in [0.29, 0.717) is 0 Å². The smallest absolute Gasteiger partial charge is 0.303 e. The van der Waals surface area contributed by atoms with Gasteiger partial charge in [-0.3, -0.25) is 0 Å². The Morgan fingerprint density at radius 2 is 1.93 bits per heavy atom. The predicted molar refractivity (Wildman–Crippen MR) is 61.9 cm³/mol. The third kappa shape index (κ3) is 7.91.